The van der Waals surface area contributed by atoms with E-state index in [0.29, 0.717) is 24.6 Å². The van der Waals surface area contributed by atoms with Crippen molar-refractivity contribution in [3.8, 4) is 0 Å². The highest BCUT2D eigenvalue weighted by Crippen LogP contribution is 2.15. The Morgan fingerprint density at radius 3 is 2.24 bits per heavy atom. The molecule has 3 heterocycles. The lowest BCUT2D eigenvalue weighted by molar-refractivity contribution is 0.0665. The van der Waals surface area contributed by atoms with Crippen LogP contribution in [0.4, 0.5) is 0 Å². The lowest BCUT2D eigenvalue weighted by atomic mass is 10.0. The Kier molecular flexibility index (Phi) is 3.77. The molecule has 2 aromatic rings. The Morgan fingerprint density at radius 2 is 1.67 bits per heavy atom. The topological polar surface area (TPSA) is 75.7 Å². The minimum absolute atomic E-state index is 0.0586. The molecular weight excluding hydrogens is 272 g/mol. The van der Waals surface area contributed by atoms with Crippen LogP contribution in [0.2, 0.25) is 0 Å². The molecule has 21 heavy (non-hydrogen) atoms. The van der Waals surface area contributed by atoms with Crippen LogP contribution in [0.1, 0.15) is 34.0 Å². The van der Waals surface area contributed by atoms with Crippen molar-refractivity contribution in [2.24, 2.45) is 0 Å². The van der Waals surface area contributed by atoms with E-state index in [9.17, 15) is 9.59 Å². The van der Waals surface area contributed by atoms with Crippen molar-refractivity contribution < 1.29 is 18.4 Å². The Labute approximate surface area is 121 Å². The molecule has 2 amide bonds. The number of amides is 2. The second-order valence-corrected chi connectivity index (χ2v) is 4.99. The zero-order valence-electron chi connectivity index (χ0n) is 11.5. The van der Waals surface area contributed by atoms with Crippen LogP contribution in [0.15, 0.2) is 45.6 Å². The van der Waals surface area contributed by atoms with E-state index >= 15 is 0 Å². The summed E-state index contributed by atoms with van der Waals surface area (Å²) in [4.78, 5) is 25.7. The fourth-order valence-electron chi connectivity index (χ4n) is 2.45. The second-order valence-electron chi connectivity index (χ2n) is 4.99. The maximum Gasteiger partial charge on any atom is 0.289 e. The van der Waals surface area contributed by atoms with Crippen LogP contribution in [0.25, 0.3) is 0 Å². The molecule has 0 spiro atoms. The average molecular weight is 288 g/mol. The van der Waals surface area contributed by atoms with Gasteiger partial charge in [-0.25, -0.2) is 0 Å². The Hall–Kier alpha value is -2.50. The van der Waals surface area contributed by atoms with Crippen molar-refractivity contribution in [1.82, 2.24) is 10.2 Å². The van der Waals surface area contributed by atoms with Crippen LogP contribution in [-0.4, -0.2) is 35.8 Å². The largest absolute Gasteiger partial charge is 0.459 e. The molecule has 1 saturated heterocycles. The maximum absolute atomic E-state index is 12.1. The smallest absolute Gasteiger partial charge is 0.289 e. The molecule has 1 aliphatic rings. The zero-order valence-corrected chi connectivity index (χ0v) is 11.5. The van der Waals surface area contributed by atoms with E-state index in [1.807, 2.05) is 0 Å². The van der Waals surface area contributed by atoms with Crippen LogP contribution in [-0.2, 0) is 0 Å². The number of nitrogens with one attached hydrogen (secondary N) is 1. The first kappa shape index (κ1) is 13.5. The van der Waals surface area contributed by atoms with Gasteiger partial charge in [0, 0.05) is 19.1 Å². The Morgan fingerprint density at radius 1 is 1.05 bits per heavy atom. The van der Waals surface area contributed by atoms with Crippen molar-refractivity contribution in [1.29, 1.82) is 0 Å². The van der Waals surface area contributed by atoms with Crippen LogP contribution >= 0.6 is 0 Å². The first-order chi connectivity index (χ1) is 10.2. The average Bonchev–Trinajstić information content (AvgIpc) is 3.20. The summed E-state index contributed by atoms with van der Waals surface area (Å²) >= 11 is 0. The minimum Gasteiger partial charge on any atom is -0.459 e. The molecule has 0 bridgehead atoms. The lowest BCUT2D eigenvalue weighted by Gasteiger charge is -2.31. The standard InChI is InChI=1S/C15H16N2O4/c18-14(12-3-1-9-20-12)16-11-5-7-17(8-6-11)15(19)13-4-2-10-21-13/h1-4,9-11H,5-8H2,(H,16,18). The van der Waals surface area contributed by atoms with Gasteiger partial charge in [0.15, 0.2) is 11.5 Å². The van der Waals surface area contributed by atoms with Crippen LogP contribution in [0, 0.1) is 0 Å². The second kappa shape index (κ2) is 5.87. The van der Waals surface area contributed by atoms with E-state index < -0.39 is 0 Å². The lowest BCUT2D eigenvalue weighted by Crippen LogP contribution is -2.46. The van der Waals surface area contributed by atoms with Crippen LogP contribution < -0.4 is 5.32 Å². The van der Waals surface area contributed by atoms with Crippen molar-refractivity contribution in [2.75, 3.05) is 13.1 Å². The van der Waals surface area contributed by atoms with E-state index in [0.717, 1.165) is 12.8 Å². The molecule has 0 aliphatic carbocycles. The third-order valence-electron chi connectivity index (χ3n) is 3.59. The Balaban J connectivity index is 1.51. The van der Waals surface area contributed by atoms with Gasteiger partial charge in [-0.2, -0.15) is 0 Å². The summed E-state index contributed by atoms with van der Waals surface area (Å²) in [6.07, 6.45) is 4.40. The molecule has 110 valence electrons. The van der Waals surface area contributed by atoms with Gasteiger partial charge in [-0.15, -0.1) is 0 Å². The third-order valence-corrected chi connectivity index (χ3v) is 3.59. The minimum atomic E-state index is -0.212. The first-order valence-corrected chi connectivity index (χ1v) is 6.91. The summed E-state index contributed by atoms with van der Waals surface area (Å²) in [5.41, 5.74) is 0. The van der Waals surface area contributed by atoms with Crippen molar-refractivity contribution >= 4 is 11.8 Å². The number of carbonyl (C=O) groups excluding carboxylic acids is 2. The van der Waals surface area contributed by atoms with Gasteiger partial charge < -0.3 is 19.1 Å². The van der Waals surface area contributed by atoms with Crippen LogP contribution in [0.5, 0.6) is 0 Å². The van der Waals surface area contributed by atoms with Gasteiger partial charge in [-0.3, -0.25) is 9.59 Å². The summed E-state index contributed by atoms with van der Waals surface area (Å²) in [7, 11) is 0. The predicted octanol–water partition coefficient (Wildman–Crippen LogP) is 1.91. The predicted molar refractivity (Wildman–Crippen MR) is 73.8 cm³/mol. The number of carbonyl (C=O) groups is 2. The van der Waals surface area contributed by atoms with E-state index in [4.69, 9.17) is 8.83 Å². The highest BCUT2D eigenvalue weighted by atomic mass is 16.3. The molecule has 0 saturated carbocycles. The molecule has 0 atom stereocenters. The van der Waals surface area contributed by atoms with Gasteiger partial charge in [0.2, 0.25) is 0 Å². The van der Waals surface area contributed by atoms with Crippen molar-refractivity contribution in [3.63, 3.8) is 0 Å². The summed E-state index contributed by atoms with van der Waals surface area (Å²) in [5.74, 6) is 0.351. The fourth-order valence-corrected chi connectivity index (χ4v) is 2.45. The molecule has 1 fully saturated rings. The van der Waals surface area contributed by atoms with E-state index in [2.05, 4.69) is 5.32 Å². The monoisotopic (exact) mass is 288 g/mol. The first-order valence-electron chi connectivity index (χ1n) is 6.91. The molecular formula is C15H16N2O4. The van der Waals surface area contributed by atoms with Crippen molar-refractivity contribution in [3.05, 3.63) is 48.3 Å². The van der Waals surface area contributed by atoms with Gasteiger partial charge in [0.25, 0.3) is 11.8 Å². The SMILES string of the molecule is O=C(NC1CCN(C(=O)c2ccco2)CC1)c1ccco1. The highest BCUT2D eigenvalue weighted by molar-refractivity contribution is 5.92. The van der Waals surface area contributed by atoms with Gasteiger partial charge in [0.05, 0.1) is 12.5 Å². The fraction of sp³-hybridized carbons (Fsp3) is 0.333. The molecule has 6 nitrogen and oxygen atoms in total. The highest BCUT2D eigenvalue weighted by Gasteiger charge is 2.26. The summed E-state index contributed by atoms with van der Waals surface area (Å²) in [6, 6.07) is 6.73. The van der Waals surface area contributed by atoms with E-state index in [1.54, 1.807) is 29.2 Å². The molecule has 1 N–H and O–H groups in total. The molecule has 3 rings (SSSR count). The van der Waals surface area contributed by atoms with Gasteiger partial charge in [-0.1, -0.05) is 0 Å². The molecule has 6 heteroatoms. The van der Waals surface area contributed by atoms with Gasteiger partial charge in [-0.05, 0) is 37.1 Å². The molecule has 0 unspecified atom stereocenters. The van der Waals surface area contributed by atoms with E-state index in [1.165, 1.54) is 12.5 Å². The number of piperidine rings is 1. The molecule has 0 aromatic carbocycles. The molecule has 0 radical (unpaired) electrons. The number of hydrogen-bond acceptors (Lipinski definition) is 4. The van der Waals surface area contributed by atoms with Gasteiger partial charge in [0.1, 0.15) is 0 Å². The van der Waals surface area contributed by atoms with Crippen LogP contribution in [0.3, 0.4) is 0 Å². The Bertz CT molecular complexity index is 596. The third kappa shape index (κ3) is 2.99. The number of furan rings is 2. The normalized spacial score (nSPS) is 15.9. The zero-order chi connectivity index (χ0) is 14.7. The maximum atomic E-state index is 12.1. The number of rotatable bonds is 3. The van der Waals surface area contributed by atoms with E-state index in [-0.39, 0.29) is 17.9 Å². The number of hydrogen-bond donors (Lipinski definition) is 1. The van der Waals surface area contributed by atoms with Crippen molar-refractivity contribution in [2.45, 2.75) is 18.9 Å². The molecule has 2 aromatic heterocycles. The molecule has 1 aliphatic heterocycles. The summed E-state index contributed by atoms with van der Waals surface area (Å²) < 4.78 is 10.2. The summed E-state index contributed by atoms with van der Waals surface area (Å²) in [5, 5.41) is 2.92. The van der Waals surface area contributed by atoms with Gasteiger partial charge >= 0.3 is 0 Å². The summed E-state index contributed by atoms with van der Waals surface area (Å²) in [6.45, 7) is 1.20. The quantitative estimate of drug-likeness (QED) is 0.936. The number of nitrogens with zero attached hydrogens (tertiary/aromatic N) is 1. The number of likely N-dealkylation sites (tertiary alicyclic amines) is 1.